The number of anilines is 2. The van der Waals surface area contributed by atoms with Crippen LogP contribution in [0.1, 0.15) is 36.9 Å². The fourth-order valence-electron chi connectivity index (χ4n) is 5.46. The summed E-state index contributed by atoms with van der Waals surface area (Å²) >= 11 is 6.71. The highest BCUT2D eigenvalue weighted by Crippen LogP contribution is 2.33. The molecule has 1 fully saturated rings. The summed E-state index contributed by atoms with van der Waals surface area (Å²) in [6.45, 7) is 6.04. The zero-order valence-corrected chi connectivity index (χ0v) is 23.7. The molecule has 6 rings (SSSR count). The molecule has 0 atom stereocenters. The number of nitrogens with zero attached hydrogens (tertiary/aromatic N) is 4. The van der Waals surface area contributed by atoms with Crippen LogP contribution in [0.5, 0.6) is 0 Å². The Morgan fingerprint density at radius 2 is 1.80 bits per heavy atom. The molecule has 0 aliphatic carbocycles. The number of rotatable bonds is 6. The van der Waals surface area contributed by atoms with Crippen LogP contribution in [0.15, 0.2) is 71.8 Å². The number of nitrogens with one attached hydrogen (secondary N) is 2. The van der Waals surface area contributed by atoms with Crippen LogP contribution >= 0.6 is 11.6 Å². The molecule has 5 aromatic rings. The summed E-state index contributed by atoms with van der Waals surface area (Å²) in [5, 5.41) is 7.58. The Morgan fingerprint density at radius 3 is 2.51 bits per heavy atom. The van der Waals surface area contributed by atoms with E-state index in [1.54, 1.807) is 23.0 Å². The van der Waals surface area contributed by atoms with E-state index in [2.05, 4.69) is 25.6 Å². The third-order valence-corrected chi connectivity index (χ3v) is 8.00. The molecule has 2 N–H and O–H groups in total. The van der Waals surface area contributed by atoms with Crippen molar-refractivity contribution >= 4 is 34.3 Å². The van der Waals surface area contributed by atoms with E-state index >= 15 is 0 Å². The number of aryl methyl sites for hydroxylation is 2. The monoisotopic (exact) mass is 568 g/mol. The molecule has 1 aliphatic rings. The number of pyridine rings is 2. The van der Waals surface area contributed by atoms with Crippen molar-refractivity contribution < 1.29 is 4.39 Å². The second-order valence-corrected chi connectivity index (χ2v) is 10.8. The Morgan fingerprint density at radius 1 is 1.00 bits per heavy atom. The van der Waals surface area contributed by atoms with Crippen molar-refractivity contribution in [3.8, 4) is 22.3 Å². The highest BCUT2D eigenvalue weighted by atomic mass is 35.5. The van der Waals surface area contributed by atoms with Crippen molar-refractivity contribution in [2.24, 2.45) is 0 Å². The minimum absolute atomic E-state index is 0.200. The Bertz CT molecular complexity index is 1800. The molecule has 0 bridgehead atoms. The maximum Gasteiger partial charge on any atom is 0.260 e. The van der Waals surface area contributed by atoms with Crippen molar-refractivity contribution in [2.75, 3.05) is 18.4 Å². The minimum Gasteiger partial charge on any atom is -0.324 e. The Hall–Kier alpha value is -4.14. The van der Waals surface area contributed by atoms with E-state index in [-0.39, 0.29) is 23.2 Å². The summed E-state index contributed by atoms with van der Waals surface area (Å²) in [4.78, 5) is 27.1. The number of aromatic nitrogens is 4. The van der Waals surface area contributed by atoms with Gasteiger partial charge in [0.15, 0.2) is 0 Å². The largest absolute Gasteiger partial charge is 0.324 e. The van der Waals surface area contributed by atoms with Gasteiger partial charge < -0.3 is 10.6 Å². The van der Waals surface area contributed by atoms with Crippen LogP contribution in [-0.4, -0.2) is 32.6 Å². The van der Waals surface area contributed by atoms with Gasteiger partial charge in [-0.15, -0.1) is 0 Å². The van der Waals surface area contributed by atoms with Crippen LogP contribution in [0.25, 0.3) is 33.3 Å². The molecule has 0 spiro atoms. The van der Waals surface area contributed by atoms with Crippen LogP contribution < -0.4 is 16.2 Å². The van der Waals surface area contributed by atoms with Gasteiger partial charge in [-0.3, -0.25) is 14.3 Å². The first-order valence-corrected chi connectivity index (χ1v) is 14.2. The van der Waals surface area contributed by atoms with Crippen molar-refractivity contribution in [3.63, 3.8) is 0 Å². The quantitative estimate of drug-likeness (QED) is 0.233. The fourth-order valence-corrected chi connectivity index (χ4v) is 5.74. The topological polar surface area (TPSA) is 84.7 Å². The number of fused-ring (bicyclic) bond motifs is 1. The van der Waals surface area contributed by atoms with E-state index in [1.165, 1.54) is 6.07 Å². The molecule has 0 saturated carbocycles. The summed E-state index contributed by atoms with van der Waals surface area (Å²) in [5.74, 6) is 0.272. The zero-order valence-electron chi connectivity index (χ0n) is 22.9. The molecule has 9 heteroatoms. The highest BCUT2D eigenvalue weighted by Gasteiger charge is 2.19. The van der Waals surface area contributed by atoms with Gasteiger partial charge in [0, 0.05) is 57.4 Å². The molecular formula is C32H30ClFN6O. The van der Waals surface area contributed by atoms with Crippen molar-refractivity contribution in [1.29, 1.82) is 0 Å². The second-order valence-electron chi connectivity index (χ2n) is 10.3. The Balaban J connectivity index is 1.31. The maximum atomic E-state index is 15.0. The van der Waals surface area contributed by atoms with Crippen LogP contribution in [0.4, 0.5) is 16.0 Å². The van der Waals surface area contributed by atoms with E-state index < -0.39 is 0 Å². The van der Waals surface area contributed by atoms with Crippen LogP contribution in [0.3, 0.4) is 0 Å². The normalized spacial score (nSPS) is 14.0. The van der Waals surface area contributed by atoms with E-state index in [9.17, 15) is 9.18 Å². The summed E-state index contributed by atoms with van der Waals surface area (Å²) in [6.07, 6.45) is 5.32. The van der Waals surface area contributed by atoms with Gasteiger partial charge in [-0.1, -0.05) is 35.9 Å². The molecule has 208 valence electrons. The molecule has 2 aromatic carbocycles. The van der Waals surface area contributed by atoms with E-state index in [0.717, 1.165) is 48.3 Å². The minimum atomic E-state index is -0.237. The Labute approximate surface area is 242 Å². The van der Waals surface area contributed by atoms with Gasteiger partial charge in [0.1, 0.15) is 11.5 Å². The lowest BCUT2D eigenvalue weighted by molar-refractivity contribution is 0.445. The number of hydrogen-bond acceptors (Lipinski definition) is 6. The number of piperidine rings is 1. The number of benzene rings is 2. The van der Waals surface area contributed by atoms with Crippen LogP contribution in [0.2, 0.25) is 5.02 Å². The van der Waals surface area contributed by atoms with Gasteiger partial charge >= 0.3 is 0 Å². The number of hydrogen-bond donors (Lipinski definition) is 2. The summed E-state index contributed by atoms with van der Waals surface area (Å²) in [7, 11) is 0. The first-order valence-electron chi connectivity index (χ1n) is 13.8. The van der Waals surface area contributed by atoms with Gasteiger partial charge in [0.2, 0.25) is 5.95 Å². The van der Waals surface area contributed by atoms with Gasteiger partial charge in [-0.2, -0.15) is 4.98 Å². The van der Waals surface area contributed by atoms with Crippen molar-refractivity contribution in [2.45, 2.75) is 39.2 Å². The summed E-state index contributed by atoms with van der Waals surface area (Å²) in [6, 6.07) is 16.5. The van der Waals surface area contributed by atoms with Gasteiger partial charge in [0.25, 0.3) is 5.56 Å². The van der Waals surface area contributed by atoms with Gasteiger partial charge in [-0.25, -0.2) is 9.37 Å². The average molecular weight is 569 g/mol. The van der Waals surface area contributed by atoms with Crippen molar-refractivity contribution in [3.05, 3.63) is 99.4 Å². The van der Waals surface area contributed by atoms with Gasteiger partial charge in [0.05, 0.1) is 0 Å². The summed E-state index contributed by atoms with van der Waals surface area (Å²) < 4.78 is 16.6. The third kappa shape index (κ3) is 5.45. The highest BCUT2D eigenvalue weighted by molar-refractivity contribution is 6.33. The molecule has 1 saturated heterocycles. The first kappa shape index (κ1) is 27.1. The lowest BCUT2D eigenvalue weighted by Gasteiger charge is -2.23. The maximum absolute atomic E-state index is 15.0. The third-order valence-electron chi connectivity index (χ3n) is 7.68. The molecule has 0 radical (unpaired) electrons. The fraction of sp³-hybridized carbons (Fsp3) is 0.250. The molecule has 1 aliphatic heterocycles. The summed E-state index contributed by atoms with van der Waals surface area (Å²) in [5.41, 5.74) is 5.49. The van der Waals surface area contributed by atoms with E-state index in [1.807, 2.05) is 56.3 Å². The lowest BCUT2D eigenvalue weighted by atomic mass is 9.90. The SMILES string of the molecule is CCn1c(=O)c(-c2ccc(-c3ccc(C)nc3)cc2Cl)cc2cnc(Nc3ccc(C4CCNCC4)c(F)c3)nc21. The van der Waals surface area contributed by atoms with E-state index in [0.29, 0.717) is 39.4 Å². The molecule has 4 heterocycles. The molecule has 7 nitrogen and oxygen atoms in total. The van der Waals surface area contributed by atoms with Crippen LogP contribution in [-0.2, 0) is 6.54 Å². The van der Waals surface area contributed by atoms with Gasteiger partial charge in [-0.05, 0) is 87.2 Å². The van der Waals surface area contributed by atoms with E-state index in [4.69, 9.17) is 11.6 Å². The second kappa shape index (κ2) is 11.4. The molecule has 0 unspecified atom stereocenters. The molecule has 3 aromatic heterocycles. The van der Waals surface area contributed by atoms with Crippen molar-refractivity contribution in [1.82, 2.24) is 24.8 Å². The standard InChI is InChI=1S/C32H30ClFN6O/c1-3-40-30-23(14-27(31(40)41)26-8-6-21(15-28(26)33)22-5-4-19(2)36-17-22)18-37-32(39-30)38-24-7-9-25(29(34)16-24)20-10-12-35-13-11-20/h4-9,14-18,20,35H,3,10-13H2,1-2H3,(H,37,38,39). The Kier molecular flexibility index (Phi) is 7.51. The predicted octanol–water partition coefficient (Wildman–Crippen LogP) is 6.85. The molecular weight excluding hydrogens is 539 g/mol. The number of halogens is 2. The smallest absolute Gasteiger partial charge is 0.260 e. The average Bonchev–Trinajstić information content (AvgIpc) is 2.98. The zero-order chi connectivity index (χ0) is 28.5. The first-order chi connectivity index (χ1) is 19.9. The lowest BCUT2D eigenvalue weighted by Crippen LogP contribution is -2.27. The predicted molar refractivity (Wildman–Crippen MR) is 162 cm³/mol. The van der Waals surface area contributed by atoms with Crippen LogP contribution in [0, 0.1) is 12.7 Å². The molecule has 41 heavy (non-hydrogen) atoms. The molecule has 0 amide bonds.